The molecule has 1 aliphatic heterocycles. The summed E-state index contributed by atoms with van der Waals surface area (Å²) in [4.78, 5) is 5.10. The van der Waals surface area contributed by atoms with Gasteiger partial charge in [0.15, 0.2) is 0 Å². The van der Waals surface area contributed by atoms with Crippen molar-refractivity contribution in [1.82, 2.24) is 9.80 Å². The first-order chi connectivity index (χ1) is 7.31. The van der Waals surface area contributed by atoms with Gasteiger partial charge in [0.1, 0.15) is 0 Å². The van der Waals surface area contributed by atoms with Gasteiger partial charge in [0, 0.05) is 38.8 Å². The number of hydrogen-bond donors (Lipinski definition) is 1. The average molecular weight is 213 g/mol. The highest BCUT2D eigenvalue weighted by Gasteiger charge is 2.21. The molecule has 0 aromatic heterocycles. The largest absolute Gasteiger partial charge is 0.329 e. The Bertz CT molecular complexity index is 153. The highest BCUT2D eigenvalue weighted by molar-refractivity contribution is 4.78. The molecule has 3 nitrogen and oxygen atoms in total. The van der Waals surface area contributed by atoms with Crippen molar-refractivity contribution >= 4 is 0 Å². The van der Waals surface area contributed by atoms with Crippen molar-refractivity contribution < 1.29 is 0 Å². The van der Waals surface area contributed by atoms with Crippen molar-refractivity contribution in [2.75, 3.05) is 39.3 Å². The third-order valence-electron chi connectivity index (χ3n) is 3.53. The number of likely N-dealkylation sites (N-methyl/N-ethyl adjacent to an activating group) is 1. The summed E-state index contributed by atoms with van der Waals surface area (Å²) >= 11 is 0. The quantitative estimate of drug-likeness (QED) is 0.718. The van der Waals surface area contributed by atoms with Crippen LogP contribution in [-0.2, 0) is 0 Å². The minimum Gasteiger partial charge on any atom is -0.329 e. The highest BCUT2D eigenvalue weighted by atomic mass is 15.3. The molecule has 0 aliphatic carbocycles. The first-order valence-corrected chi connectivity index (χ1v) is 6.48. The van der Waals surface area contributed by atoms with Gasteiger partial charge in [0.2, 0.25) is 0 Å². The van der Waals surface area contributed by atoms with Crippen molar-refractivity contribution in [2.24, 2.45) is 5.73 Å². The Morgan fingerprint density at radius 1 is 1.13 bits per heavy atom. The molecule has 0 saturated carbocycles. The summed E-state index contributed by atoms with van der Waals surface area (Å²) in [5.41, 5.74) is 5.86. The summed E-state index contributed by atoms with van der Waals surface area (Å²) in [6.45, 7) is 11.4. The molecule has 3 heteroatoms. The van der Waals surface area contributed by atoms with E-state index in [2.05, 4.69) is 23.6 Å². The Morgan fingerprint density at radius 3 is 2.27 bits per heavy atom. The van der Waals surface area contributed by atoms with Crippen LogP contribution in [0.25, 0.3) is 0 Å². The minimum atomic E-state index is 0.629. The van der Waals surface area contributed by atoms with E-state index in [0.717, 1.165) is 6.54 Å². The zero-order valence-corrected chi connectivity index (χ0v) is 10.4. The van der Waals surface area contributed by atoms with Gasteiger partial charge in [-0.15, -0.1) is 0 Å². The van der Waals surface area contributed by atoms with Gasteiger partial charge in [-0.25, -0.2) is 0 Å². The van der Waals surface area contributed by atoms with Crippen molar-refractivity contribution in [3.8, 4) is 0 Å². The molecule has 2 N–H and O–H groups in total. The monoisotopic (exact) mass is 213 g/mol. The standard InChI is InChI=1S/C12H27N3/c1-3-5-6-12(11-13)15-9-7-14(4-2)8-10-15/h12H,3-11,13H2,1-2H3. The van der Waals surface area contributed by atoms with Gasteiger partial charge in [0.25, 0.3) is 0 Å². The van der Waals surface area contributed by atoms with Crippen molar-refractivity contribution in [3.05, 3.63) is 0 Å². The lowest BCUT2D eigenvalue weighted by Crippen LogP contribution is -2.52. The van der Waals surface area contributed by atoms with Crippen LogP contribution < -0.4 is 5.73 Å². The van der Waals surface area contributed by atoms with Crippen LogP contribution in [0.2, 0.25) is 0 Å². The SMILES string of the molecule is CCCCC(CN)N1CCN(CC)CC1. The van der Waals surface area contributed by atoms with Crippen LogP contribution in [0.4, 0.5) is 0 Å². The van der Waals surface area contributed by atoms with E-state index in [9.17, 15) is 0 Å². The second-order valence-electron chi connectivity index (χ2n) is 4.50. The summed E-state index contributed by atoms with van der Waals surface area (Å²) in [6.07, 6.45) is 3.88. The molecule has 1 rings (SSSR count). The molecular weight excluding hydrogens is 186 g/mol. The van der Waals surface area contributed by atoms with Gasteiger partial charge in [-0.1, -0.05) is 26.7 Å². The Kier molecular flexibility index (Phi) is 6.22. The Labute approximate surface area is 94.6 Å². The molecule has 1 unspecified atom stereocenters. The van der Waals surface area contributed by atoms with Crippen molar-refractivity contribution in [3.63, 3.8) is 0 Å². The van der Waals surface area contributed by atoms with Crippen molar-refractivity contribution in [1.29, 1.82) is 0 Å². The van der Waals surface area contributed by atoms with Crippen LogP contribution in [0, 0.1) is 0 Å². The first kappa shape index (κ1) is 12.9. The summed E-state index contributed by atoms with van der Waals surface area (Å²) in [5, 5.41) is 0. The molecule has 0 bridgehead atoms. The normalized spacial score (nSPS) is 21.8. The topological polar surface area (TPSA) is 32.5 Å². The number of piperazine rings is 1. The first-order valence-electron chi connectivity index (χ1n) is 6.48. The molecule has 1 aliphatic rings. The predicted octanol–water partition coefficient (Wildman–Crippen LogP) is 1.14. The number of nitrogens with zero attached hydrogens (tertiary/aromatic N) is 2. The molecule has 1 saturated heterocycles. The fraction of sp³-hybridized carbons (Fsp3) is 1.00. The number of hydrogen-bond acceptors (Lipinski definition) is 3. The lowest BCUT2D eigenvalue weighted by molar-refractivity contribution is 0.0972. The molecule has 0 amide bonds. The second kappa shape index (κ2) is 7.20. The Morgan fingerprint density at radius 2 is 1.80 bits per heavy atom. The third-order valence-corrected chi connectivity index (χ3v) is 3.53. The molecule has 0 aromatic carbocycles. The van der Waals surface area contributed by atoms with Gasteiger partial charge >= 0.3 is 0 Å². The molecule has 1 fully saturated rings. The lowest BCUT2D eigenvalue weighted by atomic mass is 10.1. The number of nitrogens with two attached hydrogens (primary N) is 1. The minimum absolute atomic E-state index is 0.629. The predicted molar refractivity (Wildman–Crippen MR) is 66.1 cm³/mol. The van der Waals surface area contributed by atoms with E-state index in [1.165, 1.54) is 52.0 Å². The summed E-state index contributed by atoms with van der Waals surface area (Å²) in [5.74, 6) is 0. The van der Waals surface area contributed by atoms with E-state index in [1.54, 1.807) is 0 Å². The smallest absolute Gasteiger partial charge is 0.0219 e. The van der Waals surface area contributed by atoms with Gasteiger partial charge < -0.3 is 10.6 Å². The van der Waals surface area contributed by atoms with Crippen LogP contribution in [0.15, 0.2) is 0 Å². The fourth-order valence-electron chi connectivity index (χ4n) is 2.33. The highest BCUT2D eigenvalue weighted by Crippen LogP contribution is 2.11. The Balaban J connectivity index is 2.29. The van der Waals surface area contributed by atoms with Gasteiger partial charge in [-0.2, -0.15) is 0 Å². The molecule has 15 heavy (non-hydrogen) atoms. The maximum atomic E-state index is 5.86. The number of rotatable bonds is 6. The van der Waals surface area contributed by atoms with Gasteiger partial charge in [-0.05, 0) is 13.0 Å². The van der Waals surface area contributed by atoms with Crippen LogP contribution >= 0.6 is 0 Å². The fourth-order valence-corrected chi connectivity index (χ4v) is 2.33. The zero-order chi connectivity index (χ0) is 11.1. The lowest BCUT2D eigenvalue weighted by Gasteiger charge is -2.38. The third kappa shape index (κ3) is 4.09. The van der Waals surface area contributed by atoms with E-state index >= 15 is 0 Å². The maximum Gasteiger partial charge on any atom is 0.0219 e. The van der Waals surface area contributed by atoms with Crippen LogP contribution in [0.3, 0.4) is 0 Å². The van der Waals surface area contributed by atoms with Gasteiger partial charge in [0.05, 0.1) is 0 Å². The molecule has 90 valence electrons. The van der Waals surface area contributed by atoms with E-state index in [-0.39, 0.29) is 0 Å². The average Bonchev–Trinajstić information content (AvgIpc) is 2.31. The van der Waals surface area contributed by atoms with E-state index < -0.39 is 0 Å². The van der Waals surface area contributed by atoms with Gasteiger partial charge in [-0.3, -0.25) is 4.90 Å². The molecule has 1 heterocycles. The van der Waals surface area contributed by atoms with Crippen LogP contribution in [-0.4, -0.2) is 55.1 Å². The molecule has 1 atom stereocenters. The van der Waals surface area contributed by atoms with E-state index in [0.29, 0.717) is 6.04 Å². The van der Waals surface area contributed by atoms with Crippen molar-refractivity contribution in [2.45, 2.75) is 39.2 Å². The molecule has 0 spiro atoms. The maximum absolute atomic E-state index is 5.86. The second-order valence-corrected chi connectivity index (χ2v) is 4.50. The van der Waals surface area contributed by atoms with E-state index in [4.69, 9.17) is 5.73 Å². The van der Waals surface area contributed by atoms with Crippen LogP contribution in [0.1, 0.15) is 33.1 Å². The summed E-state index contributed by atoms with van der Waals surface area (Å²) < 4.78 is 0. The van der Waals surface area contributed by atoms with Crippen LogP contribution in [0.5, 0.6) is 0 Å². The molecule has 0 radical (unpaired) electrons. The summed E-state index contributed by atoms with van der Waals surface area (Å²) in [6, 6.07) is 0.629. The number of unbranched alkanes of at least 4 members (excludes halogenated alkanes) is 1. The Hall–Kier alpha value is -0.120. The van der Waals surface area contributed by atoms with E-state index in [1.807, 2.05) is 0 Å². The molecular formula is C12H27N3. The summed E-state index contributed by atoms with van der Waals surface area (Å²) in [7, 11) is 0. The molecule has 0 aromatic rings. The zero-order valence-electron chi connectivity index (χ0n) is 10.4.